The topological polar surface area (TPSA) is 15.6 Å². The Kier molecular flexibility index (Phi) is 1.67. The summed E-state index contributed by atoms with van der Waals surface area (Å²) >= 11 is 1.87. The first-order valence-electron chi connectivity index (χ1n) is 3.57. The van der Waals surface area contributed by atoms with Gasteiger partial charge in [-0.15, -0.1) is 0 Å². The maximum Gasteiger partial charge on any atom is 0.164 e. The molecule has 2 aliphatic rings. The van der Waals surface area contributed by atoms with Crippen molar-refractivity contribution >= 4 is 16.9 Å². The second-order valence-corrected chi connectivity index (χ2v) is 3.51. The number of amidine groups is 1. The fraction of sp³-hybridized carbons (Fsp3) is 0.571. The van der Waals surface area contributed by atoms with E-state index in [0.29, 0.717) is 0 Å². The molecule has 0 spiro atoms. The molecule has 0 saturated carbocycles. The van der Waals surface area contributed by atoms with Gasteiger partial charge in [0.05, 0.1) is 0 Å². The minimum Gasteiger partial charge on any atom is -0.347 e. The normalized spacial score (nSPS) is 24.0. The van der Waals surface area contributed by atoms with E-state index in [1.165, 1.54) is 23.9 Å². The predicted molar refractivity (Wildman–Crippen MR) is 45.2 cm³/mol. The summed E-state index contributed by atoms with van der Waals surface area (Å²) in [4.78, 5) is 6.60. The summed E-state index contributed by atoms with van der Waals surface area (Å²) in [7, 11) is 0. The van der Waals surface area contributed by atoms with Crippen LogP contribution in [0.25, 0.3) is 0 Å². The summed E-state index contributed by atoms with van der Waals surface area (Å²) in [6.45, 7) is 2.25. The van der Waals surface area contributed by atoms with Crippen LogP contribution in [-0.4, -0.2) is 28.9 Å². The van der Waals surface area contributed by atoms with Crippen LogP contribution in [0.2, 0.25) is 0 Å². The molecule has 1 saturated heterocycles. The Morgan fingerprint density at radius 1 is 1.60 bits per heavy atom. The van der Waals surface area contributed by atoms with Gasteiger partial charge in [0.2, 0.25) is 0 Å². The minimum absolute atomic E-state index is 1.06. The molecule has 0 aromatic heterocycles. The monoisotopic (exact) mass is 154 g/mol. The van der Waals surface area contributed by atoms with Crippen LogP contribution in [0.15, 0.2) is 17.3 Å². The number of hydrogen-bond acceptors (Lipinski definition) is 3. The second-order valence-electron chi connectivity index (χ2n) is 2.44. The third-order valence-corrected chi connectivity index (χ3v) is 2.80. The van der Waals surface area contributed by atoms with Crippen molar-refractivity contribution in [3.63, 3.8) is 0 Å². The second kappa shape index (κ2) is 2.66. The van der Waals surface area contributed by atoms with Crippen molar-refractivity contribution < 1.29 is 0 Å². The number of aliphatic imine (C=N–C) groups is 1. The lowest BCUT2D eigenvalue weighted by atomic mass is 10.4. The Balaban J connectivity index is 2.14. The van der Waals surface area contributed by atoms with Crippen molar-refractivity contribution in [2.75, 3.05) is 18.8 Å². The van der Waals surface area contributed by atoms with Crippen molar-refractivity contribution in [2.24, 2.45) is 4.99 Å². The molecule has 0 bridgehead atoms. The molecule has 0 aromatic carbocycles. The fourth-order valence-electron chi connectivity index (χ4n) is 1.18. The molecule has 10 heavy (non-hydrogen) atoms. The maximum absolute atomic E-state index is 4.28. The molecule has 3 heteroatoms. The zero-order valence-corrected chi connectivity index (χ0v) is 6.60. The molecule has 54 valence electrons. The minimum atomic E-state index is 1.06. The zero-order chi connectivity index (χ0) is 6.81. The van der Waals surface area contributed by atoms with Gasteiger partial charge in [0.15, 0.2) is 5.17 Å². The molecule has 0 radical (unpaired) electrons. The van der Waals surface area contributed by atoms with E-state index in [-0.39, 0.29) is 0 Å². The lowest BCUT2D eigenvalue weighted by Gasteiger charge is -2.29. The number of fused-ring (bicyclic) bond motifs is 1. The van der Waals surface area contributed by atoms with Crippen LogP contribution >= 0.6 is 11.8 Å². The quantitative estimate of drug-likeness (QED) is 0.523. The Morgan fingerprint density at radius 3 is 3.50 bits per heavy atom. The summed E-state index contributed by atoms with van der Waals surface area (Å²) in [5.74, 6) is 1.24. The number of nitrogens with zero attached hydrogens (tertiary/aromatic N) is 2. The smallest absolute Gasteiger partial charge is 0.164 e. The standard InChI is InChI=1S/C7H10N2S/c1-3-8-7-9(4-1)5-2-6-10-7/h1,3H,2,4-6H2. The summed E-state index contributed by atoms with van der Waals surface area (Å²) in [5.41, 5.74) is 0. The SMILES string of the molecule is C1=CN=C2SCCCN2C1. The molecule has 2 aliphatic heterocycles. The third-order valence-electron chi connectivity index (χ3n) is 1.69. The molecular weight excluding hydrogens is 144 g/mol. The van der Waals surface area contributed by atoms with Crippen molar-refractivity contribution in [2.45, 2.75) is 6.42 Å². The van der Waals surface area contributed by atoms with Crippen LogP contribution in [0.4, 0.5) is 0 Å². The Labute approximate surface area is 65.0 Å². The largest absolute Gasteiger partial charge is 0.347 e. The van der Waals surface area contributed by atoms with Crippen molar-refractivity contribution in [3.8, 4) is 0 Å². The van der Waals surface area contributed by atoms with Gasteiger partial charge in [-0.25, -0.2) is 4.99 Å². The molecule has 0 atom stereocenters. The zero-order valence-electron chi connectivity index (χ0n) is 5.79. The highest BCUT2D eigenvalue weighted by Gasteiger charge is 2.16. The first kappa shape index (κ1) is 6.28. The number of hydrogen-bond donors (Lipinski definition) is 0. The van der Waals surface area contributed by atoms with Gasteiger partial charge in [-0.3, -0.25) is 0 Å². The maximum atomic E-state index is 4.28. The van der Waals surface area contributed by atoms with Gasteiger partial charge in [0.25, 0.3) is 0 Å². The molecule has 0 aliphatic carbocycles. The molecule has 2 heterocycles. The summed E-state index contributed by atoms with van der Waals surface area (Å²) in [6.07, 6.45) is 5.32. The molecular formula is C7H10N2S. The van der Waals surface area contributed by atoms with Crippen LogP contribution in [0.3, 0.4) is 0 Å². The average Bonchev–Trinajstić information content (AvgIpc) is 2.05. The number of rotatable bonds is 0. The summed E-state index contributed by atoms with van der Waals surface area (Å²) in [6, 6.07) is 0. The van der Waals surface area contributed by atoms with Crippen LogP contribution in [0, 0.1) is 0 Å². The molecule has 0 amide bonds. The lowest BCUT2D eigenvalue weighted by molar-refractivity contribution is 0.459. The van der Waals surface area contributed by atoms with E-state index in [1.807, 2.05) is 18.0 Å². The van der Waals surface area contributed by atoms with Crippen LogP contribution < -0.4 is 0 Å². The highest BCUT2D eigenvalue weighted by molar-refractivity contribution is 8.13. The van der Waals surface area contributed by atoms with Gasteiger partial charge in [-0.05, 0) is 12.5 Å². The van der Waals surface area contributed by atoms with Crippen molar-refractivity contribution in [3.05, 3.63) is 12.3 Å². The Morgan fingerprint density at radius 2 is 2.60 bits per heavy atom. The molecule has 2 rings (SSSR count). The van der Waals surface area contributed by atoms with Gasteiger partial charge in [-0.2, -0.15) is 0 Å². The molecule has 1 fully saturated rings. The molecule has 0 N–H and O–H groups in total. The van der Waals surface area contributed by atoms with E-state index in [9.17, 15) is 0 Å². The highest BCUT2D eigenvalue weighted by Crippen LogP contribution is 2.19. The van der Waals surface area contributed by atoms with E-state index in [0.717, 1.165) is 6.54 Å². The first-order chi connectivity index (χ1) is 4.97. The van der Waals surface area contributed by atoms with Gasteiger partial charge in [0.1, 0.15) is 0 Å². The van der Waals surface area contributed by atoms with Gasteiger partial charge in [0, 0.05) is 25.0 Å². The van der Waals surface area contributed by atoms with E-state index < -0.39 is 0 Å². The van der Waals surface area contributed by atoms with Crippen LogP contribution in [-0.2, 0) is 0 Å². The first-order valence-corrected chi connectivity index (χ1v) is 4.56. The van der Waals surface area contributed by atoms with E-state index in [1.54, 1.807) is 0 Å². The van der Waals surface area contributed by atoms with Crippen LogP contribution in [0.1, 0.15) is 6.42 Å². The van der Waals surface area contributed by atoms with E-state index >= 15 is 0 Å². The molecule has 2 nitrogen and oxygen atoms in total. The predicted octanol–water partition coefficient (Wildman–Crippen LogP) is 1.31. The van der Waals surface area contributed by atoms with E-state index in [2.05, 4.69) is 16.0 Å². The van der Waals surface area contributed by atoms with Crippen molar-refractivity contribution in [1.29, 1.82) is 0 Å². The van der Waals surface area contributed by atoms with Crippen molar-refractivity contribution in [1.82, 2.24) is 4.90 Å². The third kappa shape index (κ3) is 1.06. The molecule has 0 unspecified atom stereocenters. The highest BCUT2D eigenvalue weighted by atomic mass is 32.2. The van der Waals surface area contributed by atoms with Gasteiger partial charge in [-0.1, -0.05) is 11.8 Å². The Bertz CT molecular complexity index is 186. The molecule has 0 aromatic rings. The van der Waals surface area contributed by atoms with Gasteiger partial charge >= 0.3 is 0 Å². The Hall–Kier alpha value is -0.440. The fourth-order valence-corrected chi connectivity index (χ4v) is 2.12. The number of thioether (sulfide) groups is 1. The lowest BCUT2D eigenvalue weighted by Crippen LogP contribution is -2.35. The van der Waals surface area contributed by atoms with E-state index in [4.69, 9.17) is 0 Å². The van der Waals surface area contributed by atoms with Gasteiger partial charge < -0.3 is 4.90 Å². The summed E-state index contributed by atoms with van der Waals surface area (Å²) < 4.78 is 0. The van der Waals surface area contributed by atoms with Crippen LogP contribution in [0.5, 0.6) is 0 Å². The average molecular weight is 154 g/mol. The summed E-state index contributed by atoms with van der Waals surface area (Å²) in [5, 5.41) is 1.22.